The van der Waals surface area contributed by atoms with Crippen molar-refractivity contribution in [3.8, 4) is 0 Å². The molecule has 2 N–H and O–H groups in total. The Morgan fingerprint density at radius 2 is 1.48 bits per heavy atom. The van der Waals surface area contributed by atoms with Crippen LogP contribution in [0.5, 0.6) is 0 Å². The van der Waals surface area contributed by atoms with Crippen molar-refractivity contribution in [3.05, 3.63) is 0 Å². The Bertz CT molecular complexity index is 454. The van der Waals surface area contributed by atoms with E-state index in [2.05, 4.69) is 24.5 Å². The number of alkyl carbamates (subject to hydrolysis) is 1. The van der Waals surface area contributed by atoms with E-state index in [9.17, 15) is 9.59 Å². The molecular formula is C21H40N2O5S. The van der Waals surface area contributed by atoms with Crippen molar-refractivity contribution in [2.24, 2.45) is 5.92 Å². The molecule has 1 rings (SSSR count). The van der Waals surface area contributed by atoms with Crippen LogP contribution in [0.2, 0.25) is 0 Å². The second-order valence-electron chi connectivity index (χ2n) is 8.09. The smallest absolute Gasteiger partial charge is 0.407 e. The Morgan fingerprint density at radius 1 is 0.897 bits per heavy atom. The maximum Gasteiger partial charge on any atom is 0.407 e. The molecule has 1 aliphatic rings. The van der Waals surface area contributed by atoms with Gasteiger partial charge in [0.25, 0.3) is 0 Å². The molecule has 8 heteroatoms. The van der Waals surface area contributed by atoms with Gasteiger partial charge in [-0.25, -0.2) is 4.79 Å². The first-order valence-corrected chi connectivity index (χ1v) is 11.8. The lowest BCUT2D eigenvalue weighted by atomic mass is 9.97. The van der Waals surface area contributed by atoms with Crippen LogP contribution < -0.4 is 10.6 Å². The van der Waals surface area contributed by atoms with Crippen LogP contribution in [0.4, 0.5) is 4.79 Å². The van der Waals surface area contributed by atoms with E-state index in [0.29, 0.717) is 62.4 Å². The first-order chi connectivity index (χ1) is 13.9. The van der Waals surface area contributed by atoms with Gasteiger partial charge >= 0.3 is 6.09 Å². The number of ether oxygens (including phenoxy) is 3. The highest BCUT2D eigenvalue weighted by atomic mass is 32.2. The number of hydrogen-bond acceptors (Lipinski definition) is 6. The molecule has 2 amide bonds. The number of nitrogens with one attached hydrogen (secondary N) is 2. The van der Waals surface area contributed by atoms with Crippen molar-refractivity contribution in [1.29, 1.82) is 0 Å². The van der Waals surface area contributed by atoms with Gasteiger partial charge in [0.2, 0.25) is 5.91 Å². The number of rotatable bonds is 14. The van der Waals surface area contributed by atoms with Gasteiger partial charge in [-0.1, -0.05) is 27.7 Å². The highest BCUT2D eigenvalue weighted by molar-refractivity contribution is 8.00. The monoisotopic (exact) mass is 432 g/mol. The molecule has 0 saturated heterocycles. The molecule has 1 fully saturated rings. The zero-order chi connectivity index (χ0) is 21.5. The summed E-state index contributed by atoms with van der Waals surface area (Å²) in [7, 11) is 0. The standard InChI is InChI=1S/C21H40N2O5S/c1-16(2)15-20(24)22-9-11-26-13-14-27-12-10-23-21(25)28-18-5-7-19(8-6-18)29-17(3)4/h16-19H,5-15H2,1-4H3,(H,22,24)(H,23,25). The van der Waals surface area contributed by atoms with Crippen LogP contribution in [-0.4, -0.2) is 68.1 Å². The molecular weight excluding hydrogens is 392 g/mol. The molecule has 0 radical (unpaired) electrons. The summed E-state index contributed by atoms with van der Waals surface area (Å²) in [6.45, 7) is 11.2. The predicted octanol–water partition coefficient (Wildman–Crippen LogP) is 3.36. The van der Waals surface area contributed by atoms with Crippen molar-refractivity contribution < 1.29 is 23.8 Å². The molecule has 0 heterocycles. The largest absolute Gasteiger partial charge is 0.446 e. The second-order valence-corrected chi connectivity index (χ2v) is 9.97. The van der Waals surface area contributed by atoms with Crippen LogP contribution in [0.1, 0.15) is 59.8 Å². The number of carbonyl (C=O) groups excluding carboxylic acids is 2. The van der Waals surface area contributed by atoms with E-state index in [-0.39, 0.29) is 18.1 Å². The van der Waals surface area contributed by atoms with Crippen molar-refractivity contribution in [2.75, 3.05) is 39.5 Å². The zero-order valence-corrected chi connectivity index (χ0v) is 19.4. The summed E-state index contributed by atoms with van der Waals surface area (Å²) in [6, 6.07) is 0. The highest BCUT2D eigenvalue weighted by Crippen LogP contribution is 2.32. The predicted molar refractivity (Wildman–Crippen MR) is 117 cm³/mol. The summed E-state index contributed by atoms with van der Waals surface area (Å²) in [5.41, 5.74) is 0. The summed E-state index contributed by atoms with van der Waals surface area (Å²) >= 11 is 2.03. The average Bonchev–Trinajstić information content (AvgIpc) is 2.64. The molecule has 29 heavy (non-hydrogen) atoms. The van der Waals surface area contributed by atoms with Crippen LogP contribution >= 0.6 is 11.8 Å². The van der Waals surface area contributed by atoms with Crippen LogP contribution in [0.15, 0.2) is 0 Å². The minimum atomic E-state index is -0.359. The van der Waals surface area contributed by atoms with Crippen molar-refractivity contribution >= 4 is 23.8 Å². The van der Waals surface area contributed by atoms with E-state index in [1.807, 2.05) is 25.6 Å². The number of carbonyl (C=O) groups is 2. The first kappa shape index (κ1) is 26.0. The second kappa shape index (κ2) is 15.8. The maximum absolute atomic E-state index is 11.8. The molecule has 1 aliphatic carbocycles. The Morgan fingerprint density at radius 3 is 2.03 bits per heavy atom. The van der Waals surface area contributed by atoms with Gasteiger partial charge in [-0.15, -0.1) is 0 Å². The van der Waals surface area contributed by atoms with Gasteiger partial charge in [0.05, 0.1) is 26.4 Å². The fourth-order valence-corrected chi connectivity index (χ4v) is 4.43. The molecule has 7 nitrogen and oxygen atoms in total. The SMILES string of the molecule is CC(C)CC(=O)NCCOCCOCCNC(=O)OC1CCC(SC(C)C)CC1. The van der Waals surface area contributed by atoms with Gasteiger partial charge in [-0.2, -0.15) is 11.8 Å². The quantitative estimate of drug-likeness (QED) is 0.409. The van der Waals surface area contributed by atoms with Gasteiger partial charge in [0.1, 0.15) is 6.10 Å². The molecule has 0 aromatic carbocycles. The van der Waals surface area contributed by atoms with Crippen molar-refractivity contribution in [1.82, 2.24) is 10.6 Å². The zero-order valence-electron chi connectivity index (χ0n) is 18.5. The maximum atomic E-state index is 11.8. The molecule has 0 aliphatic heterocycles. The van der Waals surface area contributed by atoms with E-state index in [1.165, 1.54) is 0 Å². The highest BCUT2D eigenvalue weighted by Gasteiger charge is 2.24. The third-order valence-corrected chi connectivity index (χ3v) is 5.81. The normalized spacial score (nSPS) is 19.4. The third kappa shape index (κ3) is 14.6. The molecule has 1 saturated carbocycles. The molecule has 0 aromatic rings. The topological polar surface area (TPSA) is 85.9 Å². The summed E-state index contributed by atoms with van der Waals surface area (Å²) in [4.78, 5) is 23.3. The van der Waals surface area contributed by atoms with Gasteiger partial charge in [-0.3, -0.25) is 4.79 Å². The van der Waals surface area contributed by atoms with Crippen LogP contribution in [0.25, 0.3) is 0 Å². The van der Waals surface area contributed by atoms with Crippen molar-refractivity contribution in [3.63, 3.8) is 0 Å². The van der Waals surface area contributed by atoms with E-state index in [1.54, 1.807) is 0 Å². The molecule has 0 bridgehead atoms. The minimum Gasteiger partial charge on any atom is -0.446 e. The third-order valence-electron chi connectivity index (χ3n) is 4.41. The summed E-state index contributed by atoms with van der Waals surface area (Å²) < 4.78 is 16.3. The molecule has 0 spiro atoms. The van der Waals surface area contributed by atoms with E-state index in [0.717, 1.165) is 25.7 Å². The van der Waals surface area contributed by atoms with E-state index in [4.69, 9.17) is 14.2 Å². The Balaban J connectivity index is 1.89. The first-order valence-electron chi connectivity index (χ1n) is 10.9. The lowest BCUT2D eigenvalue weighted by molar-refractivity contribution is -0.122. The minimum absolute atomic E-state index is 0.0364. The van der Waals surface area contributed by atoms with E-state index >= 15 is 0 Å². The average molecular weight is 433 g/mol. The van der Waals surface area contributed by atoms with Gasteiger partial charge in [0.15, 0.2) is 0 Å². The summed E-state index contributed by atoms with van der Waals surface area (Å²) in [5.74, 6) is 0.416. The van der Waals surface area contributed by atoms with E-state index < -0.39 is 0 Å². The van der Waals surface area contributed by atoms with Crippen LogP contribution in [0.3, 0.4) is 0 Å². The molecule has 170 valence electrons. The lowest BCUT2D eigenvalue weighted by Crippen LogP contribution is -2.33. The van der Waals surface area contributed by atoms with Gasteiger partial charge in [-0.05, 0) is 36.9 Å². The van der Waals surface area contributed by atoms with Gasteiger partial charge in [0, 0.05) is 24.8 Å². The Hall–Kier alpha value is -0.990. The number of amides is 2. The fourth-order valence-electron chi connectivity index (χ4n) is 3.12. The molecule has 0 aromatic heterocycles. The van der Waals surface area contributed by atoms with Crippen molar-refractivity contribution in [2.45, 2.75) is 76.4 Å². The van der Waals surface area contributed by atoms with Crippen LogP contribution in [-0.2, 0) is 19.0 Å². The molecule has 0 unspecified atom stereocenters. The summed E-state index contributed by atoms with van der Waals surface area (Å²) in [5, 5.41) is 6.90. The number of thioether (sulfide) groups is 1. The summed E-state index contributed by atoms with van der Waals surface area (Å²) in [6.07, 6.45) is 4.34. The fraction of sp³-hybridized carbons (Fsp3) is 0.905. The Labute approximate surface area is 180 Å². The molecule has 0 atom stereocenters. The lowest BCUT2D eigenvalue weighted by Gasteiger charge is -2.28. The van der Waals surface area contributed by atoms with Gasteiger partial charge < -0.3 is 24.8 Å². The Kier molecular flexibility index (Phi) is 14.2. The van der Waals surface area contributed by atoms with Crippen LogP contribution in [0, 0.1) is 5.92 Å². The number of hydrogen-bond donors (Lipinski definition) is 2.